The van der Waals surface area contributed by atoms with E-state index in [0.717, 1.165) is 16.6 Å². The van der Waals surface area contributed by atoms with Crippen molar-refractivity contribution in [1.82, 2.24) is 4.98 Å². The summed E-state index contributed by atoms with van der Waals surface area (Å²) < 4.78 is 13.0. The van der Waals surface area contributed by atoms with Gasteiger partial charge in [-0.3, -0.25) is 4.79 Å². The summed E-state index contributed by atoms with van der Waals surface area (Å²) in [5.74, 6) is -4.42. The number of aromatic amines is 1. The zero-order valence-electron chi connectivity index (χ0n) is 13.0. The summed E-state index contributed by atoms with van der Waals surface area (Å²) in [5, 5.41) is 9.67. The van der Waals surface area contributed by atoms with E-state index >= 15 is 0 Å². The minimum Gasteiger partial charge on any atom is -0.475 e. The molecular weight excluding hydrogens is 325 g/mol. The molecule has 0 aliphatic heterocycles. The first-order valence-corrected chi connectivity index (χ1v) is 7.56. The van der Waals surface area contributed by atoms with E-state index in [1.807, 2.05) is 6.07 Å². The standard InChI is InChI=1S/C19H14FNO4/c20-14-5-1-11(2-6-14)7-15-8-13-4-3-12(9-17(13)21-15)16(10-22)18(23)19(24)25/h1-6,8-10,16,21H,7H2,(H,24,25). The summed E-state index contributed by atoms with van der Waals surface area (Å²) in [5.41, 5.74) is 2.83. The lowest BCUT2D eigenvalue weighted by atomic mass is 9.95. The smallest absolute Gasteiger partial charge is 0.373 e. The Balaban J connectivity index is 1.90. The Kier molecular flexibility index (Phi) is 4.43. The van der Waals surface area contributed by atoms with Crippen LogP contribution in [0.1, 0.15) is 22.7 Å². The molecule has 25 heavy (non-hydrogen) atoms. The van der Waals surface area contributed by atoms with Crippen molar-refractivity contribution in [2.24, 2.45) is 0 Å². The number of carboxylic acid groups (broad SMARTS) is 1. The Morgan fingerprint density at radius 2 is 1.84 bits per heavy atom. The van der Waals surface area contributed by atoms with E-state index in [1.165, 1.54) is 12.1 Å². The molecule has 0 saturated carbocycles. The summed E-state index contributed by atoms with van der Waals surface area (Å²) in [6.07, 6.45) is 0.898. The fourth-order valence-corrected chi connectivity index (χ4v) is 2.74. The van der Waals surface area contributed by atoms with Crippen LogP contribution in [0.3, 0.4) is 0 Å². The molecule has 0 saturated heterocycles. The quantitative estimate of drug-likeness (QED) is 0.411. The first-order chi connectivity index (χ1) is 12.0. The van der Waals surface area contributed by atoms with Gasteiger partial charge < -0.3 is 14.9 Å². The number of aliphatic carboxylic acids is 1. The largest absolute Gasteiger partial charge is 0.475 e. The Morgan fingerprint density at radius 3 is 2.48 bits per heavy atom. The fourth-order valence-electron chi connectivity index (χ4n) is 2.74. The highest BCUT2D eigenvalue weighted by molar-refractivity contribution is 6.38. The molecule has 0 fully saturated rings. The predicted molar refractivity (Wildman–Crippen MR) is 89.0 cm³/mol. The Labute approximate surface area is 142 Å². The number of hydrogen-bond acceptors (Lipinski definition) is 3. The van der Waals surface area contributed by atoms with Gasteiger partial charge in [0.15, 0.2) is 0 Å². The van der Waals surface area contributed by atoms with Crippen molar-refractivity contribution in [3.8, 4) is 0 Å². The molecule has 1 heterocycles. The van der Waals surface area contributed by atoms with Crippen LogP contribution in [0.5, 0.6) is 0 Å². The van der Waals surface area contributed by atoms with Crippen molar-refractivity contribution in [3.63, 3.8) is 0 Å². The van der Waals surface area contributed by atoms with E-state index in [-0.39, 0.29) is 5.82 Å². The summed E-state index contributed by atoms with van der Waals surface area (Å²) in [6.45, 7) is 0. The van der Waals surface area contributed by atoms with Crippen molar-refractivity contribution in [3.05, 3.63) is 71.2 Å². The van der Waals surface area contributed by atoms with Gasteiger partial charge in [0, 0.05) is 17.6 Å². The van der Waals surface area contributed by atoms with Crippen LogP contribution >= 0.6 is 0 Å². The number of carbonyl (C=O) groups is 3. The fraction of sp³-hybridized carbons (Fsp3) is 0.105. The number of benzene rings is 2. The molecule has 0 amide bonds. The van der Waals surface area contributed by atoms with E-state index in [2.05, 4.69) is 4.98 Å². The molecule has 1 atom stereocenters. The zero-order valence-corrected chi connectivity index (χ0v) is 13.0. The maximum atomic E-state index is 13.0. The highest BCUT2D eigenvalue weighted by Gasteiger charge is 2.26. The molecule has 3 aromatic rings. The number of aromatic nitrogens is 1. The number of carbonyl (C=O) groups excluding carboxylic acids is 2. The molecule has 0 aliphatic carbocycles. The summed E-state index contributed by atoms with van der Waals surface area (Å²) in [7, 11) is 0. The molecule has 5 nitrogen and oxygen atoms in total. The van der Waals surface area contributed by atoms with Crippen LogP contribution in [-0.2, 0) is 20.8 Å². The molecule has 0 bridgehead atoms. The van der Waals surface area contributed by atoms with Gasteiger partial charge in [0.1, 0.15) is 18.0 Å². The average molecular weight is 339 g/mol. The number of nitrogens with one attached hydrogen (secondary N) is 1. The number of Topliss-reactive ketones (excluding diaryl/α,β-unsaturated/α-hetero) is 1. The lowest BCUT2D eigenvalue weighted by Crippen LogP contribution is -2.22. The summed E-state index contributed by atoms with van der Waals surface area (Å²) >= 11 is 0. The van der Waals surface area contributed by atoms with E-state index in [9.17, 15) is 18.8 Å². The maximum Gasteiger partial charge on any atom is 0.373 e. The van der Waals surface area contributed by atoms with Gasteiger partial charge in [-0.25, -0.2) is 9.18 Å². The molecule has 3 rings (SSSR count). The lowest BCUT2D eigenvalue weighted by molar-refractivity contribution is -0.150. The number of hydrogen-bond donors (Lipinski definition) is 2. The van der Waals surface area contributed by atoms with Crippen LogP contribution in [0.2, 0.25) is 0 Å². The van der Waals surface area contributed by atoms with Gasteiger partial charge in [-0.05, 0) is 40.8 Å². The van der Waals surface area contributed by atoms with Crippen molar-refractivity contribution in [1.29, 1.82) is 0 Å². The zero-order chi connectivity index (χ0) is 18.0. The van der Waals surface area contributed by atoms with Gasteiger partial charge in [-0.15, -0.1) is 0 Å². The highest BCUT2D eigenvalue weighted by atomic mass is 19.1. The molecule has 1 unspecified atom stereocenters. The van der Waals surface area contributed by atoms with Gasteiger partial charge in [0.05, 0.1) is 0 Å². The van der Waals surface area contributed by atoms with Crippen LogP contribution < -0.4 is 0 Å². The number of carboxylic acids is 1. The minimum atomic E-state index is -1.64. The molecule has 6 heteroatoms. The van der Waals surface area contributed by atoms with Gasteiger partial charge in [0.2, 0.25) is 0 Å². The van der Waals surface area contributed by atoms with Gasteiger partial charge >= 0.3 is 5.97 Å². The number of aldehydes is 1. The summed E-state index contributed by atoms with van der Waals surface area (Å²) in [4.78, 5) is 36.8. The maximum absolute atomic E-state index is 13.0. The Morgan fingerprint density at radius 1 is 1.12 bits per heavy atom. The number of ketones is 1. The molecule has 2 aromatic carbocycles. The second kappa shape index (κ2) is 6.68. The number of fused-ring (bicyclic) bond motifs is 1. The number of halogens is 1. The van der Waals surface area contributed by atoms with E-state index < -0.39 is 17.7 Å². The Bertz CT molecular complexity index is 959. The third-order valence-electron chi connectivity index (χ3n) is 4.00. The molecule has 1 aromatic heterocycles. The first-order valence-electron chi connectivity index (χ1n) is 7.56. The SMILES string of the molecule is O=CC(C(=O)C(=O)O)c1ccc2cc(Cc3ccc(F)cc3)[nH]c2c1. The van der Waals surface area contributed by atoms with Crippen LogP contribution in [0.25, 0.3) is 10.9 Å². The summed E-state index contributed by atoms with van der Waals surface area (Å²) in [6, 6.07) is 13.0. The van der Waals surface area contributed by atoms with E-state index in [1.54, 1.807) is 30.3 Å². The van der Waals surface area contributed by atoms with Crippen molar-refractivity contribution in [2.45, 2.75) is 12.3 Å². The van der Waals surface area contributed by atoms with Gasteiger partial charge in [-0.2, -0.15) is 0 Å². The normalized spacial score (nSPS) is 12.0. The minimum absolute atomic E-state index is 0.298. The molecule has 0 aliphatic rings. The van der Waals surface area contributed by atoms with Crippen molar-refractivity contribution in [2.75, 3.05) is 0 Å². The van der Waals surface area contributed by atoms with Crippen LogP contribution in [-0.4, -0.2) is 28.1 Å². The van der Waals surface area contributed by atoms with Gasteiger partial charge in [-0.1, -0.05) is 24.3 Å². The predicted octanol–water partition coefficient (Wildman–Crippen LogP) is 2.83. The second-order valence-corrected chi connectivity index (χ2v) is 5.73. The third-order valence-corrected chi connectivity index (χ3v) is 4.00. The molecule has 2 N–H and O–H groups in total. The third kappa shape index (κ3) is 3.47. The number of rotatable bonds is 6. The van der Waals surface area contributed by atoms with E-state index in [0.29, 0.717) is 23.8 Å². The highest BCUT2D eigenvalue weighted by Crippen LogP contribution is 2.23. The Hall–Kier alpha value is -3.28. The van der Waals surface area contributed by atoms with Crippen molar-refractivity contribution >= 4 is 28.9 Å². The average Bonchev–Trinajstić information content (AvgIpc) is 2.99. The van der Waals surface area contributed by atoms with E-state index in [4.69, 9.17) is 5.11 Å². The lowest BCUT2D eigenvalue weighted by Gasteiger charge is -2.06. The molecule has 0 spiro atoms. The second-order valence-electron chi connectivity index (χ2n) is 5.73. The van der Waals surface area contributed by atoms with Crippen LogP contribution in [0.15, 0.2) is 48.5 Å². The van der Waals surface area contributed by atoms with Crippen LogP contribution in [0.4, 0.5) is 4.39 Å². The first kappa shape index (κ1) is 16.6. The van der Waals surface area contributed by atoms with Crippen LogP contribution in [0, 0.1) is 5.82 Å². The molecule has 0 radical (unpaired) electrons. The van der Waals surface area contributed by atoms with Gasteiger partial charge in [0.25, 0.3) is 5.78 Å². The molecule has 126 valence electrons. The molecular formula is C19H14FNO4. The topological polar surface area (TPSA) is 87.2 Å². The number of H-pyrrole nitrogens is 1. The van der Waals surface area contributed by atoms with Crippen molar-refractivity contribution < 1.29 is 23.9 Å². The monoisotopic (exact) mass is 339 g/mol.